The van der Waals surface area contributed by atoms with E-state index >= 15 is 0 Å². The molecule has 0 amide bonds. The quantitative estimate of drug-likeness (QED) is 0.643. The van der Waals surface area contributed by atoms with Crippen molar-refractivity contribution in [3.05, 3.63) is 22.6 Å². The molecule has 1 aliphatic heterocycles. The van der Waals surface area contributed by atoms with Crippen molar-refractivity contribution in [3.63, 3.8) is 0 Å². The highest BCUT2D eigenvalue weighted by Gasteiger charge is 2.27. The Bertz CT molecular complexity index is 502. The number of hydrogen-bond donors (Lipinski definition) is 1. The van der Waals surface area contributed by atoms with Crippen LogP contribution in [0.5, 0.6) is 0 Å². The summed E-state index contributed by atoms with van der Waals surface area (Å²) < 4.78 is 7.32. The molecule has 0 spiro atoms. The van der Waals surface area contributed by atoms with Crippen molar-refractivity contribution in [2.24, 2.45) is 0 Å². The number of carboxylic acids is 1. The van der Waals surface area contributed by atoms with Gasteiger partial charge in [-0.05, 0) is 13.3 Å². The predicted molar refractivity (Wildman–Crippen MR) is 65.9 cm³/mol. The van der Waals surface area contributed by atoms with Crippen LogP contribution in [0.15, 0.2) is 22.2 Å². The average molecular weight is 270 g/mol. The van der Waals surface area contributed by atoms with Gasteiger partial charge in [0, 0.05) is 18.9 Å². The Balaban J connectivity index is 2.27. The molecule has 1 saturated heterocycles. The second-order valence-corrected chi connectivity index (χ2v) is 5.01. The van der Waals surface area contributed by atoms with Gasteiger partial charge in [-0.2, -0.15) is 4.98 Å². The molecule has 1 N–H and O–H groups in total. The van der Waals surface area contributed by atoms with Crippen molar-refractivity contribution in [1.82, 2.24) is 9.55 Å². The van der Waals surface area contributed by atoms with Crippen LogP contribution in [0.2, 0.25) is 0 Å². The van der Waals surface area contributed by atoms with Crippen LogP contribution in [0.1, 0.15) is 19.4 Å². The smallest absolute Gasteiger partial charge is 0.313 e. The molecule has 0 bridgehead atoms. The largest absolute Gasteiger partial charge is 0.481 e. The number of aliphatic carboxylic acids is 1. The molecular formula is C11H14N2O4S. The Morgan fingerprint density at radius 3 is 3.11 bits per heavy atom. The first kappa shape index (κ1) is 13.1. The monoisotopic (exact) mass is 270 g/mol. The first-order valence-electron chi connectivity index (χ1n) is 5.63. The maximum absolute atomic E-state index is 11.3. The Labute approximate surface area is 108 Å². The molecule has 6 nitrogen and oxygen atoms in total. The zero-order chi connectivity index (χ0) is 13.1. The van der Waals surface area contributed by atoms with Crippen molar-refractivity contribution < 1.29 is 14.6 Å². The lowest BCUT2D eigenvalue weighted by Crippen LogP contribution is -2.22. The minimum Gasteiger partial charge on any atom is -0.481 e. The summed E-state index contributed by atoms with van der Waals surface area (Å²) in [6, 6.07) is 1.49. The summed E-state index contributed by atoms with van der Waals surface area (Å²) in [5.74, 6) is -1.04. The Kier molecular flexibility index (Phi) is 4.03. The molecule has 2 rings (SSSR count). The molecule has 1 aromatic rings. The average Bonchev–Trinajstić information content (AvgIpc) is 2.73. The van der Waals surface area contributed by atoms with Crippen molar-refractivity contribution >= 4 is 17.7 Å². The van der Waals surface area contributed by atoms with Gasteiger partial charge in [0.2, 0.25) is 0 Å². The van der Waals surface area contributed by atoms with Crippen molar-refractivity contribution in [1.29, 1.82) is 0 Å². The van der Waals surface area contributed by atoms with Crippen molar-refractivity contribution in [3.8, 4) is 0 Å². The fourth-order valence-corrected chi connectivity index (χ4v) is 2.72. The van der Waals surface area contributed by atoms with E-state index in [2.05, 4.69) is 4.98 Å². The summed E-state index contributed by atoms with van der Waals surface area (Å²) in [5, 5.41) is 9.13. The highest BCUT2D eigenvalue weighted by Crippen LogP contribution is 2.28. The molecule has 0 radical (unpaired) electrons. The number of nitrogens with zero attached hydrogens (tertiary/aromatic N) is 2. The molecule has 0 aromatic carbocycles. The number of ether oxygens (including phenoxy) is 1. The number of rotatable bonds is 4. The van der Waals surface area contributed by atoms with Gasteiger partial charge >= 0.3 is 5.97 Å². The molecule has 2 unspecified atom stereocenters. The molecule has 0 saturated carbocycles. The van der Waals surface area contributed by atoms with Crippen molar-refractivity contribution in [2.75, 3.05) is 12.4 Å². The minimum atomic E-state index is -0.930. The lowest BCUT2D eigenvalue weighted by molar-refractivity contribution is -0.133. The van der Waals surface area contributed by atoms with E-state index in [4.69, 9.17) is 9.84 Å². The molecule has 98 valence electrons. The number of aromatic nitrogens is 2. The highest BCUT2D eigenvalue weighted by atomic mass is 32.2. The van der Waals surface area contributed by atoms with Gasteiger partial charge in [0.1, 0.15) is 0 Å². The highest BCUT2D eigenvalue weighted by molar-refractivity contribution is 7.99. The second kappa shape index (κ2) is 5.53. The van der Waals surface area contributed by atoms with Gasteiger partial charge in [-0.25, -0.2) is 0 Å². The standard InChI is InChI=1S/C11H14N2O4S/c1-7-8(3-5-17-7)13-4-2-9(14)12-11(13)18-6-10(15)16/h2,4,7-8H,3,5-6H2,1H3,(H,15,16). The van der Waals surface area contributed by atoms with Gasteiger partial charge in [-0.3, -0.25) is 9.59 Å². The van der Waals surface area contributed by atoms with Crippen LogP contribution >= 0.6 is 11.8 Å². The Morgan fingerprint density at radius 1 is 1.72 bits per heavy atom. The van der Waals surface area contributed by atoms with Gasteiger partial charge in [0.15, 0.2) is 5.16 Å². The molecule has 18 heavy (non-hydrogen) atoms. The minimum absolute atomic E-state index is 0.0403. The van der Waals surface area contributed by atoms with E-state index in [1.54, 1.807) is 6.20 Å². The fraction of sp³-hybridized carbons (Fsp3) is 0.545. The summed E-state index contributed by atoms with van der Waals surface area (Å²) in [6.07, 6.45) is 2.54. The normalized spacial score (nSPS) is 23.2. The number of thioether (sulfide) groups is 1. The Hall–Kier alpha value is -1.34. The zero-order valence-electron chi connectivity index (χ0n) is 9.91. The van der Waals surface area contributed by atoms with Gasteiger partial charge < -0.3 is 14.4 Å². The van der Waals surface area contributed by atoms with Crippen LogP contribution in [-0.4, -0.2) is 39.1 Å². The third kappa shape index (κ3) is 2.91. The number of carbonyl (C=O) groups is 1. The van der Waals surface area contributed by atoms with E-state index in [0.29, 0.717) is 11.8 Å². The molecule has 1 fully saturated rings. The van der Waals surface area contributed by atoms with Crippen LogP contribution < -0.4 is 5.56 Å². The summed E-state index contributed by atoms with van der Waals surface area (Å²) in [7, 11) is 0. The van der Waals surface area contributed by atoms with Crippen LogP contribution in [0.25, 0.3) is 0 Å². The number of hydrogen-bond acceptors (Lipinski definition) is 5. The van der Waals surface area contributed by atoms with E-state index in [1.807, 2.05) is 11.5 Å². The van der Waals surface area contributed by atoms with E-state index < -0.39 is 5.97 Å². The molecule has 0 aliphatic carbocycles. The lowest BCUT2D eigenvalue weighted by atomic mass is 10.1. The van der Waals surface area contributed by atoms with Gasteiger partial charge in [-0.1, -0.05) is 11.8 Å². The van der Waals surface area contributed by atoms with Gasteiger partial charge in [0.05, 0.1) is 17.9 Å². The molecule has 1 aliphatic rings. The van der Waals surface area contributed by atoms with E-state index in [1.165, 1.54) is 6.07 Å². The topological polar surface area (TPSA) is 81.4 Å². The fourth-order valence-electron chi connectivity index (χ4n) is 1.97. The third-order valence-corrected chi connectivity index (χ3v) is 3.77. The van der Waals surface area contributed by atoms with E-state index in [9.17, 15) is 9.59 Å². The van der Waals surface area contributed by atoms with Crippen LogP contribution in [-0.2, 0) is 9.53 Å². The summed E-state index contributed by atoms with van der Waals surface area (Å²) >= 11 is 1.05. The van der Waals surface area contributed by atoms with Gasteiger partial charge in [-0.15, -0.1) is 0 Å². The molecular weight excluding hydrogens is 256 g/mol. The lowest BCUT2D eigenvalue weighted by Gasteiger charge is -2.20. The molecule has 2 heterocycles. The SMILES string of the molecule is CC1OCCC1n1ccc(=O)nc1SCC(=O)O. The number of carboxylic acid groups (broad SMARTS) is 1. The summed E-state index contributed by atoms with van der Waals surface area (Å²) in [4.78, 5) is 25.7. The molecule has 2 atom stereocenters. The van der Waals surface area contributed by atoms with E-state index in [-0.39, 0.29) is 23.5 Å². The van der Waals surface area contributed by atoms with Crippen molar-refractivity contribution in [2.45, 2.75) is 30.6 Å². The third-order valence-electron chi connectivity index (χ3n) is 2.82. The van der Waals surface area contributed by atoms with Crippen LogP contribution in [0, 0.1) is 0 Å². The summed E-state index contributed by atoms with van der Waals surface area (Å²) in [6.45, 7) is 2.63. The van der Waals surface area contributed by atoms with Crippen LogP contribution in [0.4, 0.5) is 0 Å². The summed E-state index contributed by atoms with van der Waals surface area (Å²) in [5.41, 5.74) is -0.356. The van der Waals surface area contributed by atoms with E-state index in [0.717, 1.165) is 18.2 Å². The molecule has 1 aromatic heterocycles. The zero-order valence-corrected chi connectivity index (χ0v) is 10.7. The Morgan fingerprint density at radius 2 is 2.50 bits per heavy atom. The maximum Gasteiger partial charge on any atom is 0.313 e. The van der Waals surface area contributed by atoms with Crippen LogP contribution in [0.3, 0.4) is 0 Å². The predicted octanol–water partition coefficient (Wildman–Crippen LogP) is 0.770. The second-order valence-electron chi connectivity index (χ2n) is 4.07. The van der Waals surface area contributed by atoms with Gasteiger partial charge in [0.25, 0.3) is 5.56 Å². The first-order chi connectivity index (χ1) is 8.58. The molecule has 7 heteroatoms. The first-order valence-corrected chi connectivity index (χ1v) is 6.62. The maximum atomic E-state index is 11.3.